The predicted octanol–water partition coefficient (Wildman–Crippen LogP) is 4.55. The molecule has 1 heterocycles. The largest absolute Gasteiger partial charge is 0.333 e. The van der Waals surface area contributed by atoms with Gasteiger partial charge in [0.05, 0.1) is 31.9 Å². The molecule has 0 saturated carbocycles. The van der Waals surface area contributed by atoms with E-state index >= 15 is 0 Å². The number of benzene rings is 2. The fourth-order valence-corrected chi connectivity index (χ4v) is 3.32. The molecule has 0 unspecified atom stereocenters. The summed E-state index contributed by atoms with van der Waals surface area (Å²) in [6, 6.07) is 9.78. The summed E-state index contributed by atoms with van der Waals surface area (Å²) in [4.78, 5) is 30.4. The summed E-state index contributed by atoms with van der Waals surface area (Å²) in [6.45, 7) is 3.72. The Balaban J connectivity index is 1.73. The first-order valence-electron chi connectivity index (χ1n) is 7.71. The molecule has 0 spiro atoms. The minimum atomic E-state index is -0.541. The van der Waals surface area contributed by atoms with Crippen LogP contribution in [0.5, 0.6) is 0 Å². The smallest absolute Gasteiger partial charge is 0.271 e. The van der Waals surface area contributed by atoms with Gasteiger partial charge in [-0.1, -0.05) is 29.4 Å². The number of hydrogen-bond donors (Lipinski definition) is 2. The van der Waals surface area contributed by atoms with Crippen LogP contribution >= 0.6 is 23.4 Å². The highest BCUT2D eigenvalue weighted by Crippen LogP contribution is 2.29. The molecule has 0 aliphatic heterocycles. The Kier molecular flexibility index (Phi) is 5.15. The van der Waals surface area contributed by atoms with Crippen LogP contribution in [0.15, 0.2) is 41.6 Å². The summed E-state index contributed by atoms with van der Waals surface area (Å²) in [6.07, 6.45) is 0. The summed E-state index contributed by atoms with van der Waals surface area (Å²) < 4.78 is 0. The van der Waals surface area contributed by atoms with E-state index in [-0.39, 0.29) is 22.3 Å². The van der Waals surface area contributed by atoms with E-state index in [1.807, 2.05) is 25.1 Å². The number of imidazole rings is 1. The molecule has 2 N–H and O–H groups in total. The fourth-order valence-electron chi connectivity index (χ4n) is 2.33. The van der Waals surface area contributed by atoms with E-state index < -0.39 is 10.2 Å². The van der Waals surface area contributed by atoms with Crippen LogP contribution in [0.25, 0.3) is 11.0 Å². The van der Waals surface area contributed by atoms with E-state index in [0.29, 0.717) is 5.16 Å². The third-order valence-corrected chi connectivity index (χ3v) is 5.01. The molecule has 0 aliphatic carbocycles. The third-order valence-electron chi connectivity index (χ3n) is 3.69. The molecule has 0 bridgehead atoms. The van der Waals surface area contributed by atoms with Crippen LogP contribution in [0.3, 0.4) is 0 Å². The number of carbonyl (C=O) groups is 1. The maximum Gasteiger partial charge on any atom is 0.271 e. The van der Waals surface area contributed by atoms with Crippen LogP contribution in [-0.4, -0.2) is 26.0 Å². The number of nitro groups is 1. The SMILES string of the molecule is Cc1ccc2nc(S[C@@H](C)C(=O)Nc3cc([N+](=O)[O-])ccc3Cl)[nH]c2c1. The number of non-ortho nitro benzene ring substituents is 1. The second-order valence-electron chi connectivity index (χ2n) is 5.73. The first kappa shape index (κ1) is 18.2. The number of amides is 1. The van der Waals surface area contributed by atoms with Gasteiger partial charge in [0.1, 0.15) is 0 Å². The molecule has 26 heavy (non-hydrogen) atoms. The minimum Gasteiger partial charge on any atom is -0.333 e. The first-order valence-corrected chi connectivity index (χ1v) is 8.97. The van der Waals surface area contributed by atoms with Crippen LogP contribution in [0, 0.1) is 17.0 Å². The summed E-state index contributed by atoms with van der Waals surface area (Å²) in [7, 11) is 0. The molecule has 0 aliphatic rings. The van der Waals surface area contributed by atoms with Crippen molar-refractivity contribution in [2.75, 3.05) is 5.32 Å². The summed E-state index contributed by atoms with van der Waals surface area (Å²) in [5.74, 6) is -0.325. The van der Waals surface area contributed by atoms with Gasteiger partial charge in [-0.05, 0) is 37.6 Å². The average Bonchev–Trinajstić information content (AvgIpc) is 2.97. The maximum atomic E-state index is 12.4. The maximum absolute atomic E-state index is 12.4. The highest BCUT2D eigenvalue weighted by Gasteiger charge is 2.19. The van der Waals surface area contributed by atoms with Gasteiger partial charge in [-0.3, -0.25) is 14.9 Å². The summed E-state index contributed by atoms with van der Waals surface area (Å²) in [5, 5.41) is 13.9. The number of nitrogens with zero attached hydrogens (tertiary/aromatic N) is 2. The number of thioether (sulfide) groups is 1. The van der Waals surface area contributed by atoms with Crippen LogP contribution in [-0.2, 0) is 4.79 Å². The Morgan fingerprint density at radius 3 is 2.85 bits per heavy atom. The lowest BCUT2D eigenvalue weighted by Crippen LogP contribution is -2.22. The molecular weight excluding hydrogens is 376 g/mol. The lowest BCUT2D eigenvalue weighted by molar-refractivity contribution is -0.384. The van der Waals surface area contributed by atoms with Crippen molar-refractivity contribution >= 4 is 51.7 Å². The molecule has 9 heteroatoms. The Labute approximate surface area is 158 Å². The highest BCUT2D eigenvalue weighted by molar-refractivity contribution is 8.00. The minimum absolute atomic E-state index is 0.141. The highest BCUT2D eigenvalue weighted by atomic mass is 35.5. The van der Waals surface area contributed by atoms with Crippen LogP contribution in [0.1, 0.15) is 12.5 Å². The van der Waals surface area contributed by atoms with Crippen molar-refractivity contribution in [1.82, 2.24) is 9.97 Å². The lowest BCUT2D eigenvalue weighted by atomic mass is 10.2. The number of nitro benzene ring substituents is 1. The number of carbonyl (C=O) groups excluding carboxylic acids is 1. The number of aryl methyl sites for hydroxylation is 1. The topological polar surface area (TPSA) is 101 Å². The van der Waals surface area contributed by atoms with Gasteiger partial charge in [0.2, 0.25) is 5.91 Å². The number of hydrogen-bond acceptors (Lipinski definition) is 5. The second-order valence-corrected chi connectivity index (χ2v) is 7.47. The van der Waals surface area contributed by atoms with Gasteiger partial charge in [0, 0.05) is 12.1 Å². The number of aromatic amines is 1. The van der Waals surface area contributed by atoms with E-state index in [0.717, 1.165) is 16.6 Å². The molecule has 3 aromatic rings. The molecular formula is C17H15ClN4O3S. The first-order chi connectivity index (χ1) is 12.3. The molecule has 7 nitrogen and oxygen atoms in total. The Hall–Kier alpha value is -2.58. The van der Waals surface area contributed by atoms with Crippen molar-refractivity contribution in [3.8, 4) is 0 Å². The average molecular weight is 391 g/mol. The number of rotatable bonds is 5. The van der Waals surface area contributed by atoms with Crippen LogP contribution in [0.2, 0.25) is 5.02 Å². The van der Waals surface area contributed by atoms with Gasteiger partial charge < -0.3 is 10.3 Å². The van der Waals surface area contributed by atoms with Crippen molar-refractivity contribution in [1.29, 1.82) is 0 Å². The fraction of sp³-hybridized carbons (Fsp3) is 0.176. The van der Waals surface area contributed by atoms with Gasteiger partial charge in [0.25, 0.3) is 5.69 Å². The Morgan fingerprint density at radius 1 is 1.35 bits per heavy atom. The summed E-state index contributed by atoms with van der Waals surface area (Å²) >= 11 is 7.28. The van der Waals surface area contributed by atoms with Gasteiger partial charge in [0.15, 0.2) is 5.16 Å². The molecule has 0 saturated heterocycles. The molecule has 0 radical (unpaired) electrons. The zero-order valence-electron chi connectivity index (χ0n) is 13.9. The zero-order chi connectivity index (χ0) is 18.8. The van der Waals surface area contributed by atoms with Crippen molar-refractivity contribution in [2.24, 2.45) is 0 Å². The van der Waals surface area contributed by atoms with Gasteiger partial charge in [-0.15, -0.1) is 0 Å². The predicted molar refractivity (Wildman–Crippen MR) is 103 cm³/mol. The van der Waals surface area contributed by atoms with Crippen molar-refractivity contribution in [3.05, 3.63) is 57.1 Å². The standard InChI is InChI=1S/C17H15ClN4O3S/c1-9-3-6-13-15(7-9)21-17(20-13)26-10(2)16(23)19-14-8-11(22(24)25)4-5-12(14)18/h3-8,10H,1-2H3,(H,19,23)(H,20,21)/t10-/m0/s1. The molecule has 134 valence electrons. The number of H-pyrrole nitrogens is 1. The zero-order valence-corrected chi connectivity index (χ0v) is 15.5. The van der Waals surface area contributed by atoms with E-state index in [4.69, 9.17) is 11.6 Å². The molecule has 3 rings (SSSR count). The van der Waals surface area contributed by atoms with E-state index in [2.05, 4.69) is 15.3 Å². The monoisotopic (exact) mass is 390 g/mol. The van der Waals surface area contributed by atoms with Crippen molar-refractivity contribution in [3.63, 3.8) is 0 Å². The number of fused-ring (bicyclic) bond motifs is 1. The molecule has 2 aromatic carbocycles. The van der Waals surface area contributed by atoms with E-state index in [1.54, 1.807) is 6.92 Å². The van der Waals surface area contributed by atoms with Gasteiger partial charge >= 0.3 is 0 Å². The Bertz CT molecular complexity index is 1000. The van der Waals surface area contributed by atoms with Crippen molar-refractivity contribution in [2.45, 2.75) is 24.3 Å². The quantitative estimate of drug-likeness (QED) is 0.378. The number of aromatic nitrogens is 2. The van der Waals surface area contributed by atoms with E-state index in [9.17, 15) is 14.9 Å². The molecule has 0 fully saturated rings. The van der Waals surface area contributed by atoms with Crippen LogP contribution < -0.4 is 5.32 Å². The van der Waals surface area contributed by atoms with Gasteiger partial charge in [-0.2, -0.15) is 0 Å². The number of halogens is 1. The number of anilines is 1. The summed E-state index contributed by atoms with van der Waals surface area (Å²) in [5.41, 5.74) is 2.91. The normalized spacial score (nSPS) is 12.1. The van der Waals surface area contributed by atoms with Gasteiger partial charge in [-0.25, -0.2) is 4.98 Å². The molecule has 1 atom stereocenters. The van der Waals surface area contributed by atoms with Crippen LogP contribution in [0.4, 0.5) is 11.4 Å². The number of nitrogens with one attached hydrogen (secondary N) is 2. The Morgan fingerprint density at radius 2 is 2.12 bits per heavy atom. The third kappa shape index (κ3) is 3.97. The lowest BCUT2D eigenvalue weighted by Gasteiger charge is -2.11. The van der Waals surface area contributed by atoms with Crippen molar-refractivity contribution < 1.29 is 9.72 Å². The van der Waals surface area contributed by atoms with E-state index in [1.165, 1.54) is 30.0 Å². The molecule has 1 amide bonds. The second kappa shape index (κ2) is 7.35. The molecule has 1 aromatic heterocycles.